The number of methoxy groups -OCH3 is 1. The van der Waals surface area contributed by atoms with Gasteiger partial charge in [-0.2, -0.15) is 0 Å². The first-order valence-electron chi connectivity index (χ1n) is 12.3. The van der Waals surface area contributed by atoms with Gasteiger partial charge in [0, 0.05) is 32.6 Å². The number of hydrogen-bond acceptors (Lipinski definition) is 4. The molecule has 2 amide bonds. The Hall–Kier alpha value is -3.15. The third-order valence-corrected chi connectivity index (χ3v) is 6.37. The van der Waals surface area contributed by atoms with E-state index in [1.54, 1.807) is 4.90 Å². The SMILES string of the molecule is C.COC(=O)C1CCCCN(Cc2ccccc2)C1=O.O=C1CCCCCN1Cc1ccccc1. The maximum atomic E-state index is 12.4. The Balaban J connectivity index is 0.000000246. The molecular weight excluding hydrogens is 440 g/mol. The molecule has 2 fully saturated rings. The van der Waals surface area contributed by atoms with Gasteiger partial charge in [0.05, 0.1) is 7.11 Å². The summed E-state index contributed by atoms with van der Waals surface area (Å²) in [7, 11) is 1.34. The highest BCUT2D eigenvalue weighted by Gasteiger charge is 2.33. The van der Waals surface area contributed by atoms with Crippen LogP contribution in [0, 0.1) is 5.92 Å². The molecule has 0 aliphatic carbocycles. The molecule has 0 aromatic heterocycles. The number of ether oxygens (including phenoxy) is 1. The van der Waals surface area contributed by atoms with Gasteiger partial charge in [0.1, 0.15) is 5.92 Å². The molecule has 2 aliphatic heterocycles. The summed E-state index contributed by atoms with van der Waals surface area (Å²) in [6, 6.07) is 20.1. The Morgan fingerprint density at radius 3 is 1.94 bits per heavy atom. The number of esters is 1. The Morgan fingerprint density at radius 2 is 1.34 bits per heavy atom. The topological polar surface area (TPSA) is 66.9 Å². The Labute approximate surface area is 210 Å². The van der Waals surface area contributed by atoms with Crippen LogP contribution in [0.15, 0.2) is 60.7 Å². The molecule has 190 valence electrons. The van der Waals surface area contributed by atoms with Gasteiger partial charge in [0.15, 0.2) is 0 Å². The van der Waals surface area contributed by atoms with Crippen LogP contribution in [0.1, 0.15) is 63.5 Å². The molecule has 0 saturated carbocycles. The maximum absolute atomic E-state index is 12.4. The zero-order chi connectivity index (χ0) is 24.2. The van der Waals surface area contributed by atoms with Crippen molar-refractivity contribution in [3.05, 3.63) is 71.8 Å². The monoisotopic (exact) mass is 480 g/mol. The first kappa shape index (κ1) is 28.1. The molecule has 1 atom stereocenters. The molecule has 0 bridgehead atoms. The summed E-state index contributed by atoms with van der Waals surface area (Å²) in [5, 5.41) is 0. The van der Waals surface area contributed by atoms with Crippen molar-refractivity contribution in [3.63, 3.8) is 0 Å². The van der Waals surface area contributed by atoms with E-state index >= 15 is 0 Å². The fourth-order valence-electron chi connectivity index (χ4n) is 4.44. The fourth-order valence-corrected chi connectivity index (χ4v) is 4.44. The number of rotatable bonds is 5. The molecule has 0 N–H and O–H groups in total. The minimum Gasteiger partial charge on any atom is -0.468 e. The molecule has 2 aromatic carbocycles. The van der Waals surface area contributed by atoms with Crippen molar-refractivity contribution in [2.24, 2.45) is 5.92 Å². The standard InChI is InChI=1S/C15H19NO3.C13H17NO.CH4/c1-19-15(18)13-9-5-6-10-16(14(13)17)11-12-7-3-2-4-8-12;15-13-9-5-2-6-10-14(13)11-12-7-3-1-4-8-12;/h2-4,7-8,13H,5-6,9-11H2,1H3;1,3-4,7-8H,2,5-6,9-11H2;1H4. The van der Waals surface area contributed by atoms with Crippen LogP contribution in [0.3, 0.4) is 0 Å². The van der Waals surface area contributed by atoms with Crippen molar-refractivity contribution < 1.29 is 19.1 Å². The summed E-state index contributed by atoms with van der Waals surface area (Å²) in [6.45, 7) is 2.97. The molecule has 1 unspecified atom stereocenters. The Morgan fingerprint density at radius 1 is 0.800 bits per heavy atom. The van der Waals surface area contributed by atoms with Crippen molar-refractivity contribution in [1.82, 2.24) is 9.80 Å². The van der Waals surface area contributed by atoms with E-state index in [-0.39, 0.29) is 13.3 Å². The first-order chi connectivity index (χ1) is 16.6. The van der Waals surface area contributed by atoms with Crippen LogP contribution in [0.5, 0.6) is 0 Å². The molecule has 6 nitrogen and oxygen atoms in total. The summed E-state index contributed by atoms with van der Waals surface area (Å²) in [5.74, 6) is -0.828. The molecule has 0 radical (unpaired) electrons. The van der Waals surface area contributed by atoms with Crippen molar-refractivity contribution >= 4 is 17.8 Å². The quantitative estimate of drug-likeness (QED) is 0.435. The maximum Gasteiger partial charge on any atom is 0.318 e. The summed E-state index contributed by atoms with van der Waals surface area (Å²) in [4.78, 5) is 39.5. The van der Waals surface area contributed by atoms with Gasteiger partial charge >= 0.3 is 5.97 Å². The van der Waals surface area contributed by atoms with E-state index in [9.17, 15) is 14.4 Å². The smallest absolute Gasteiger partial charge is 0.318 e. The number of nitrogens with zero attached hydrogens (tertiary/aromatic N) is 2. The normalized spacial score (nSPS) is 18.4. The number of amides is 2. The minimum absolute atomic E-state index is 0. The van der Waals surface area contributed by atoms with Crippen LogP contribution in [0.2, 0.25) is 0 Å². The molecule has 2 heterocycles. The molecule has 35 heavy (non-hydrogen) atoms. The Bertz CT molecular complexity index is 917. The van der Waals surface area contributed by atoms with Crippen LogP contribution in [0.4, 0.5) is 0 Å². The number of benzene rings is 2. The Kier molecular flexibility index (Phi) is 12.0. The van der Waals surface area contributed by atoms with Gasteiger partial charge in [-0.15, -0.1) is 0 Å². The molecular formula is C29H40N2O4. The van der Waals surface area contributed by atoms with Crippen LogP contribution >= 0.6 is 0 Å². The van der Waals surface area contributed by atoms with E-state index in [2.05, 4.69) is 12.1 Å². The van der Waals surface area contributed by atoms with Crippen LogP contribution in [-0.4, -0.2) is 47.8 Å². The van der Waals surface area contributed by atoms with Crippen molar-refractivity contribution in [2.45, 2.75) is 65.5 Å². The first-order valence-corrected chi connectivity index (χ1v) is 12.3. The highest BCUT2D eigenvalue weighted by Crippen LogP contribution is 2.21. The lowest BCUT2D eigenvalue weighted by molar-refractivity contribution is -0.153. The minimum atomic E-state index is -0.629. The number of carbonyl (C=O) groups is 3. The van der Waals surface area contributed by atoms with Crippen LogP contribution in [0.25, 0.3) is 0 Å². The predicted molar refractivity (Wildman–Crippen MR) is 138 cm³/mol. The van der Waals surface area contributed by atoms with E-state index in [1.165, 1.54) is 19.1 Å². The van der Waals surface area contributed by atoms with Gasteiger partial charge in [-0.1, -0.05) is 80.9 Å². The van der Waals surface area contributed by atoms with Crippen molar-refractivity contribution in [2.75, 3.05) is 20.2 Å². The largest absolute Gasteiger partial charge is 0.468 e. The van der Waals surface area contributed by atoms with Gasteiger partial charge in [0.25, 0.3) is 0 Å². The molecule has 6 heteroatoms. The van der Waals surface area contributed by atoms with Gasteiger partial charge < -0.3 is 14.5 Å². The van der Waals surface area contributed by atoms with Crippen molar-refractivity contribution in [1.29, 1.82) is 0 Å². The summed E-state index contributed by atoms with van der Waals surface area (Å²) in [5.41, 5.74) is 2.31. The van der Waals surface area contributed by atoms with E-state index in [4.69, 9.17) is 4.74 Å². The number of likely N-dealkylation sites (tertiary alicyclic amines) is 2. The lowest BCUT2D eigenvalue weighted by atomic mass is 10.0. The third-order valence-electron chi connectivity index (χ3n) is 6.37. The summed E-state index contributed by atoms with van der Waals surface area (Å²) >= 11 is 0. The van der Waals surface area contributed by atoms with E-state index in [1.807, 2.05) is 53.4 Å². The van der Waals surface area contributed by atoms with Crippen LogP contribution in [-0.2, 0) is 32.2 Å². The highest BCUT2D eigenvalue weighted by molar-refractivity contribution is 5.97. The zero-order valence-electron chi connectivity index (χ0n) is 20.2. The second-order valence-electron chi connectivity index (χ2n) is 8.93. The lowest BCUT2D eigenvalue weighted by Crippen LogP contribution is -2.38. The van der Waals surface area contributed by atoms with E-state index in [0.29, 0.717) is 25.4 Å². The molecule has 2 aromatic rings. The number of carbonyl (C=O) groups excluding carboxylic acids is 3. The molecule has 2 aliphatic rings. The lowest BCUT2D eigenvalue weighted by Gasteiger charge is -2.23. The summed E-state index contributed by atoms with van der Waals surface area (Å²) < 4.78 is 4.73. The van der Waals surface area contributed by atoms with Crippen LogP contribution < -0.4 is 0 Å². The molecule has 0 spiro atoms. The second kappa shape index (κ2) is 15.0. The number of hydrogen-bond donors (Lipinski definition) is 0. The average Bonchev–Trinajstić information content (AvgIpc) is 3.18. The second-order valence-corrected chi connectivity index (χ2v) is 8.93. The van der Waals surface area contributed by atoms with Gasteiger partial charge in [-0.05, 0) is 36.8 Å². The van der Waals surface area contributed by atoms with Gasteiger partial charge in [-0.25, -0.2) is 0 Å². The summed E-state index contributed by atoms with van der Waals surface area (Å²) in [6.07, 6.45) is 6.55. The fraction of sp³-hybridized carbons (Fsp3) is 0.483. The molecule has 2 saturated heterocycles. The van der Waals surface area contributed by atoms with Gasteiger partial charge in [0.2, 0.25) is 11.8 Å². The van der Waals surface area contributed by atoms with Crippen molar-refractivity contribution in [3.8, 4) is 0 Å². The average molecular weight is 481 g/mol. The van der Waals surface area contributed by atoms with Gasteiger partial charge in [-0.3, -0.25) is 14.4 Å². The molecule has 4 rings (SSSR count). The van der Waals surface area contributed by atoms with E-state index in [0.717, 1.165) is 50.8 Å². The highest BCUT2D eigenvalue weighted by atomic mass is 16.5. The third kappa shape index (κ3) is 8.85. The van der Waals surface area contributed by atoms with E-state index < -0.39 is 11.9 Å². The zero-order valence-corrected chi connectivity index (χ0v) is 20.2. The predicted octanol–water partition coefficient (Wildman–Crippen LogP) is 5.21.